The Morgan fingerprint density at radius 1 is 1.27 bits per heavy atom. The number of rotatable bonds is 4. The lowest BCUT2D eigenvalue weighted by molar-refractivity contribution is -0.117. The van der Waals surface area contributed by atoms with E-state index in [2.05, 4.69) is 15.2 Å². The first kappa shape index (κ1) is 17.0. The second-order valence-corrected chi connectivity index (χ2v) is 6.20. The van der Waals surface area contributed by atoms with Crippen molar-refractivity contribution in [3.63, 3.8) is 0 Å². The highest BCUT2D eigenvalue weighted by Crippen LogP contribution is 2.27. The van der Waals surface area contributed by atoms with Crippen LogP contribution in [0.3, 0.4) is 0 Å². The van der Waals surface area contributed by atoms with Crippen molar-refractivity contribution in [2.75, 3.05) is 23.3 Å². The molecule has 6 heteroatoms. The number of pyridine rings is 1. The normalized spacial score (nSPS) is 24.1. The van der Waals surface area contributed by atoms with Crippen molar-refractivity contribution < 1.29 is 4.79 Å². The second kappa shape index (κ2) is 7.79. The van der Waals surface area contributed by atoms with E-state index in [0.717, 1.165) is 38.0 Å². The number of nitrogens with zero attached hydrogens (tertiary/aromatic N) is 2. The molecule has 1 aliphatic carbocycles. The predicted molar refractivity (Wildman–Crippen MR) is 91.5 cm³/mol. The molecule has 22 heavy (non-hydrogen) atoms. The highest BCUT2D eigenvalue weighted by molar-refractivity contribution is 5.90. The first-order chi connectivity index (χ1) is 10.2. The van der Waals surface area contributed by atoms with E-state index in [0.29, 0.717) is 18.2 Å². The van der Waals surface area contributed by atoms with Gasteiger partial charge in [-0.2, -0.15) is 0 Å². The molecule has 1 aromatic heterocycles. The molecule has 2 heterocycles. The molecule has 3 N–H and O–H groups in total. The van der Waals surface area contributed by atoms with Crippen molar-refractivity contribution in [3.05, 3.63) is 18.3 Å². The van der Waals surface area contributed by atoms with E-state index in [9.17, 15) is 4.79 Å². The van der Waals surface area contributed by atoms with Gasteiger partial charge in [-0.1, -0.05) is 6.42 Å². The number of anilines is 2. The molecule has 3 rings (SSSR count). The van der Waals surface area contributed by atoms with Crippen LogP contribution in [0.25, 0.3) is 0 Å². The van der Waals surface area contributed by atoms with Gasteiger partial charge >= 0.3 is 0 Å². The van der Waals surface area contributed by atoms with Crippen molar-refractivity contribution in [1.29, 1.82) is 0 Å². The number of carbonyl (C=O) groups is 1. The minimum Gasteiger partial charge on any atom is -0.370 e. The molecule has 0 aromatic carbocycles. The minimum absolute atomic E-state index is 0. The summed E-state index contributed by atoms with van der Waals surface area (Å²) in [5.41, 5.74) is 7.15. The fraction of sp³-hybridized carbons (Fsp3) is 0.625. The van der Waals surface area contributed by atoms with Gasteiger partial charge in [0.15, 0.2) is 0 Å². The molecule has 0 spiro atoms. The molecule has 1 amide bonds. The summed E-state index contributed by atoms with van der Waals surface area (Å²) in [6.07, 6.45) is 8.11. The number of nitrogens with one attached hydrogen (secondary N) is 1. The highest BCUT2D eigenvalue weighted by atomic mass is 35.5. The van der Waals surface area contributed by atoms with Crippen LogP contribution >= 0.6 is 12.4 Å². The smallest absolute Gasteiger partial charge is 0.225 e. The molecule has 2 aliphatic rings. The Balaban J connectivity index is 0.00000176. The third-order valence-corrected chi connectivity index (χ3v) is 4.65. The van der Waals surface area contributed by atoms with Gasteiger partial charge in [-0.25, -0.2) is 4.98 Å². The van der Waals surface area contributed by atoms with E-state index in [1.54, 1.807) is 0 Å². The third kappa shape index (κ3) is 4.11. The van der Waals surface area contributed by atoms with Gasteiger partial charge in [0.25, 0.3) is 0 Å². The fourth-order valence-electron chi connectivity index (χ4n) is 3.37. The minimum atomic E-state index is 0. The van der Waals surface area contributed by atoms with E-state index in [1.165, 1.54) is 12.8 Å². The van der Waals surface area contributed by atoms with Crippen molar-refractivity contribution in [2.45, 2.75) is 44.6 Å². The Labute approximate surface area is 138 Å². The van der Waals surface area contributed by atoms with E-state index in [-0.39, 0.29) is 24.4 Å². The van der Waals surface area contributed by atoms with Crippen LogP contribution in [0.2, 0.25) is 0 Å². The van der Waals surface area contributed by atoms with Crippen molar-refractivity contribution in [2.24, 2.45) is 11.7 Å². The molecule has 1 saturated heterocycles. The summed E-state index contributed by atoms with van der Waals surface area (Å²) in [6, 6.07) is 4.11. The van der Waals surface area contributed by atoms with Gasteiger partial charge in [-0.3, -0.25) is 4.79 Å². The quantitative estimate of drug-likeness (QED) is 0.893. The third-order valence-electron chi connectivity index (χ3n) is 4.65. The van der Waals surface area contributed by atoms with Crippen LogP contribution in [0, 0.1) is 5.92 Å². The summed E-state index contributed by atoms with van der Waals surface area (Å²) in [5.74, 6) is 0.988. The van der Waals surface area contributed by atoms with Crippen molar-refractivity contribution in [3.8, 4) is 0 Å². The van der Waals surface area contributed by atoms with Crippen molar-refractivity contribution in [1.82, 2.24) is 4.98 Å². The molecule has 122 valence electrons. The largest absolute Gasteiger partial charge is 0.370 e. The van der Waals surface area contributed by atoms with Gasteiger partial charge in [0.05, 0.1) is 11.9 Å². The lowest BCUT2D eigenvalue weighted by atomic mass is 10.00. The average Bonchev–Trinajstić information content (AvgIpc) is 3.12. The topological polar surface area (TPSA) is 71.2 Å². The summed E-state index contributed by atoms with van der Waals surface area (Å²) < 4.78 is 0. The van der Waals surface area contributed by atoms with Crippen LogP contribution in [0.1, 0.15) is 38.5 Å². The van der Waals surface area contributed by atoms with Crippen LogP contribution in [0.5, 0.6) is 0 Å². The monoisotopic (exact) mass is 324 g/mol. The van der Waals surface area contributed by atoms with E-state index < -0.39 is 0 Å². The van der Waals surface area contributed by atoms with E-state index in [1.807, 2.05) is 18.3 Å². The molecular formula is C16H25ClN4O. The predicted octanol–water partition coefficient (Wildman–Crippen LogP) is 2.56. The summed E-state index contributed by atoms with van der Waals surface area (Å²) in [7, 11) is 0. The number of aromatic nitrogens is 1. The molecule has 1 saturated carbocycles. The zero-order valence-corrected chi connectivity index (χ0v) is 13.6. The molecule has 5 nitrogen and oxygen atoms in total. The van der Waals surface area contributed by atoms with E-state index in [4.69, 9.17) is 5.73 Å². The Hall–Kier alpha value is -1.33. The summed E-state index contributed by atoms with van der Waals surface area (Å²) in [5, 5.41) is 2.88. The standard InChI is InChI=1S/C16H24N4O.ClH/c17-14-5-3-4-12(14)10-16(21)19-15-7-6-13(11-18-15)20-8-1-2-9-20;/h6-7,11-12,14H,1-5,8-10,17H2,(H,18,19,21);1H/t12-,14+;/m0./s1. The van der Waals surface area contributed by atoms with Crippen LogP contribution in [0.15, 0.2) is 18.3 Å². The number of halogens is 1. The first-order valence-corrected chi connectivity index (χ1v) is 7.99. The highest BCUT2D eigenvalue weighted by Gasteiger charge is 2.26. The van der Waals surface area contributed by atoms with Gasteiger partial charge < -0.3 is 16.0 Å². The SMILES string of the molecule is Cl.N[C@@H]1CCC[C@H]1CC(=O)Nc1ccc(N2CCCC2)cn1. The summed E-state index contributed by atoms with van der Waals surface area (Å²) >= 11 is 0. The summed E-state index contributed by atoms with van der Waals surface area (Å²) in [6.45, 7) is 2.21. The Bertz CT molecular complexity index is 487. The van der Waals surface area contributed by atoms with Gasteiger partial charge in [0.1, 0.15) is 5.82 Å². The molecular weight excluding hydrogens is 300 g/mol. The lowest BCUT2D eigenvalue weighted by Gasteiger charge is -2.17. The van der Waals surface area contributed by atoms with Crippen LogP contribution < -0.4 is 16.0 Å². The molecule has 0 bridgehead atoms. The second-order valence-electron chi connectivity index (χ2n) is 6.20. The molecule has 2 fully saturated rings. The maximum atomic E-state index is 12.0. The number of nitrogens with two attached hydrogens (primary N) is 1. The zero-order valence-electron chi connectivity index (χ0n) is 12.8. The molecule has 2 atom stereocenters. The Morgan fingerprint density at radius 3 is 2.64 bits per heavy atom. The molecule has 0 radical (unpaired) electrons. The van der Waals surface area contributed by atoms with E-state index >= 15 is 0 Å². The number of amides is 1. The van der Waals surface area contributed by atoms with Gasteiger partial charge in [-0.05, 0) is 43.7 Å². The number of carbonyl (C=O) groups excluding carboxylic acids is 1. The van der Waals surface area contributed by atoms with Crippen LogP contribution in [-0.4, -0.2) is 30.0 Å². The van der Waals surface area contributed by atoms with Gasteiger partial charge in [0, 0.05) is 25.6 Å². The fourth-order valence-corrected chi connectivity index (χ4v) is 3.37. The zero-order chi connectivity index (χ0) is 14.7. The number of hydrogen-bond acceptors (Lipinski definition) is 4. The first-order valence-electron chi connectivity index (χ1n) is 7.99. The maximum absolute atomic E-state index is 12.0. The Morgan fingerprint density at radius 2 is 2.05 bits per heavy atom. The van der Waals surface area contributed by atoms with Gasteiger partial charge in [0.2, 0.25) is 5.91 Å². The Kier molecular flexibility index (Phi) is 6.03. The van der Waals surface area contributed by atoms with Crippen LogP contribution in [-0.2, 0) is 4.79 Å². The number of hydrogen-bond donors (Lipinski definition) is 2. The lowest BCUT2D eigenvalue weighted by Crippen LogP contribution is -2.28. The molecule has 1 aromatic rings. The molecule has 0 unspecified atom stereocenters. The maximum Gasteiger partial charge on any atom is 0.225 e. The van der Waals surface area contributed by atoms with Crippen LogP contribution in [0.4, 0.5) is 11.5 Å². The average molecular weight is 325 g/mol. The van der Waals surface area contributed by atoms with Crippen molar-refractivity contribution >= 4 is 29.8 Å². The van der Waals surface area contributed by atoms with Gasteiger partial charge in [-0.15, -0.1) is 12.4 Å². The molecule has 1 aliphatic heterocycles. The summed E-state index contributed by atoms with van der Waals surface area (Å²) in [4.78, 5) is 18.7.